The van der Waals surface area contributed by atoms with E-state index in [0.29, 0.717) is 11.6 Å². The lowest BCUT2D eigenvalue weighted by atomic mass is 10.1. The van der Waals surface area contributed by atoms with Crippen LogP contribution >= 0.6 is 12.4 Å². The van der Waals surface area contributed by atoms with Crippen molar-refractivity contribution in [2.75, 3.05) is 19.6 Å². The van der Waals surface area contributed by atoms with Crippen LogP contribution in [-0.2, 0) is 0 Å². The van der Waals surface area contributed by atoms with Gasteiger partial charge in [-0.05, 0) is 31.5 Å². The molecule has 1 aliphatic heterocycles. The summed E-state index contributed by atoms with van der Waals surface area (Å²) in [5.41, 5.74) is 1.62. The topological polar surface area (TPSA) is 50.2 Å². The van der Waals surface area contributed by atoms with Crippen LogP contribution in [0.1, 0.15) is 30.1 Å². The van der Waals surface area contributed by atoms with Crippen LogP contribution in [0.3, 0.4) is 0 Å². The fourth-order valence-electron chi connectivity index (χ4n) is 2.92. The normalized spacial score (nSPS) is 16.8. The zero-order valence-electron chi connectivity index (χ0n) is 13.3. The van der Waals surface area contributed by atoms with Gasteiger partial charge in [-0.25, -0.2) is 4.68 Å². The first-order valence-electron chi connectivity index (χ1n) is 7.91. The van der Waals surface area contributed by atoms with Crippen LogP contribution in [0, 0.1) is 0 Å². The number of nitrogens with one attached hydrogen (secondary N) is 1. The van der Waals surface area contributed by atoms with Gasteiger partial charge in [0.25, 0.3) is 5.91 Å². The van der Waals surface area contributed by atoms with Gasteiger partial charge >= 0.3 is 0 Å². The third-order valence-electron chi connectivity index (χ3n) is 4.05. The minimum atomic E-state index is 0. The molecule has 2 aromatic rings. The van der Waals surface area contributed by atoms with E-state index in [2.05, 4.69) is 17.3 Å². The number of benzene rings is 1. The van der Waals surface area contributed by atoms with Crippen LogP contribution in [0.5, 0.6) is 0 Å². The van der Waals surface area contributed by atoms with Crippen molar-refractivity contribution in [3.8, 4) is 5.69 Å². The molecule has 1 aromatic carbocycles. The molecule has 1 aliphatic rings. The Morgan fingerprint density at radius 2 is 2.17 bits per heavy atom. The summed E-state index contributed by atoms with van der Waals surface area (Å²) >= 11 is 0. The van der Waals surface area contributed by atoms with Crippen molar-refractivity contribution in [2.24, 2.45) is 0 Å². The first-order valence-corrected chi connectivity index (χ1v) is 7.91. The van der Waals surface area contributed by atoms with Crippen molar-refractivity contribution in [2.45, 2.75) is 25.8 Å². The summed E-state index contributed by atoms with van der Waals surface area (Å²) < 4.78 is 1.75. The number of rotatable bonds is 5. The van der Waals surface area contributed by atoms with Crippen LogP contribution in [0.4, 0.5) is 0 Å². The summed E-state index contributed by atoms with van der Waals surface area (Å²) in [6.45, 7) is 4.78. The average Bonchev–Trinajstić information content (AvgIpc) is 3.24. The predicted molar refractivity (Wildman–Crippen MR) is 93.4 cm³/mol. The van der Waals surface area contributed by atoms with E-state index in [1.807, 2.05) is 41.4 Å². The third kappa shape index (κ3) is 3.92. The van der Waals surface area contributed by atoms with Gasteiger partial charge in [-0.2, -0.15) is 5.10 Å². The number of carbonyl (C=O) groups is 1. The van der Waals surface area contributed by atoms with E-state index in [1.54, 1.807) is 10.9 Å². The van der Waals surface area contributed by atoms with E-state index in [1.165, 1.54) is 0 Å². The zero-order valence-corrected chi connectivity index (χ0v) is 14.1. The van der Waals surface area contributed by atoms with E-state index >= 15 is 0 Å². The predicted octanol–water partition coefficient (Wildman–Crippen LogP) is 2.51. The molecule has 124 valence electrons. The van der Waals surface area contributed by atoms with Gasteiger partial charge in [-0.1, -0.05) is 25.1 Å². The van der Waals surface area contributed by atoms with Gasteiger partial charge in [-0.15, -0.1) is 12.4 Å². The fourth-order valence-corrected chi connectivity index (χ4v) is 2.92. The van der Waals surface area contributed by atoms with Crippen molar-refractivity contribution in [3.63, 3.8) is 0 Å². The zero-order chi connectivity index (χ0) is 15.4. The molecular weight excluding hydrogens is 312 g/mol. The Balaban J connectivity index is 0.00000192. The molecule has 1 N–H and O–H groups in total. The molecule has 0 saturated carbocycles. The summed E-state index contributed by atoms with van der Waals surface area (Å²) in [7, 11) is 0. The third-order valence-corrected chi connectivity index (χ3v) is 4.05. The molecule has 0 aliphatic carbocycles. The van der Waals surface area contributed by atoms with Crippen molar-refractivity contribution in [1.29, 1.82) is 0 Å². The van der Waals surface area contributed by atoms with Crippen LogP contribution in [0.15, 0.2) is 42.7 Å². The van der Waals surface area contributed by atoms with E-state index < -0.39 is 0 Å². The molecule has 1 saturated heterocycles. The maximum Gasteiger partial charge on any atom is 0.257 e. The monoisotopic (exact) mass is 334 g/mol. The van der Waals surface area contributed by atoms with Gasteiger partial charge in [0.2, 0.25) is 0 Å². The highest BCUT2D eigenvalue weighted by Crippen LogP contribution is 2.15. The number of nitrogens with zero attached hydrogens (tertiary/aromatic N) is 3. The maximum absolute atomic E-state index is 12.8. The Morgan fingerprint density at radius 1 is 1.39 bits per heavy atom. The van der Waals surface area contributed by atoms with Gasteiger partial charge < -0.3 is 10.2 Å². The van der Waals surface area contributed by atoms with Crippen LogP contribution in [-0.4, -0.2) is 46.3 Å². The van der Waals surface area contributed by atoms with Crippen LogP contribution in [0.25, 0.3) is 5.69 Å². The van der Waals surface area contributed by atoms with E-state index in [4.69, 9.17) is 0 Å². The average molecular weight is 335 g/mol. The highest BCUT2D eigenvalue weighted by atomic mass is 35.5. The number of halogens is 1. The Labute approximate surface area is 143 Å². The highest BCUT2D eigenvalue weighted by Gasteiger charge is 2.27. The van der Waals surface area contributed by atoms with E-state index in [9.17, 15) is 4.79 Å². The molecule has 3 rings (SSSR count). The van der Waals surface area contributed by atoms with Crippen molar-refractivity contribution < 1.29 is 4.79 Å². The molecule has 5 nitrogen and oxygen atoms in total. The van der Waals surface area contributed by atoms with Crippen molar-refractivity contribution >= 4 is 18.3 Å². The van der Waals surface area contributed by atoms with Crippen molar-refractivity contribution in [1.82, 2.24) is 20.0 Å². The van der Waals surface area contributed by atoms with Gasteiger partial charge in [0.15, 0.2) is 0 Å². The smallest absolute Gasteiger partial charge is 0.257 e. The molecule has 1 fully saturated rings. The Hall–Kier alpha value is -1.85. The molecule has 0 bridgehead atoms. The summed E-state index contributed by atoms with van der Waals surface area (Å²) in [5, 5.41) is 7.66. The molecule has 1 amide bonds. The number of para-hydroxylation sites is 1. The lowest BCUT2D eigenvalue weighted by molar-refractivity contribution is 0.0692. The fraction of sp³-hybridized carbons (Fsp3) is 0.412. The standard InChI is InChI=1S/C17H22N4O.ClH/c1-2-10-20(16-8-9-18-12-16)17(22)14-11-19-21(13-14)15-6-4-3-5-7-15;/h3-7,11,13,16,18H,2,8-10,12H2,1H3;1H. The van der Waals surface area contributed by atoms with E-state index in [0.717, 1.165) is 38.2 Å². The molecule has 1 unspecified atom stereocenters. The van der Waals surface area contributed by atoms with Crippen LogP contribution in [0.2, 0.25) is 0 Å². The SMILES string of the molecule is CCCN(C(=O)c1cnn(-c2ccccc2)c1)C1CCNC1.Cl. The highest BCUT2D eigenvalue weighted by molar-refractivity contribution is 5.94. The van der Waals surface area contributed by atoms with Gasteiger partial charge in [-0.3, -0.25) is 4.79 Å². The Bertz CT molecular complexity index is 623. The maximum atomic E-state index is 12.8. The summed E-state index contributed by atoms with van der Waals surface area (Å²) in [4.78, 5) is 14.8. The summed E-state index contributed by atoms with van der Waals surface area (Å²) in [6.07, 6.45) is 5.48. The Morgan fingerprint density at radius 3 is 2.83 bits per heavy atom. The largest absolute Gasteiger partial charge is 0.334 e. The second-order valence-electron chi connectivity index (χ2n) is 5.65. The van der Waals surface area contributed by atoms with Gasteiger partial charge in [0.05, 0.1) is 17.4 Å². The van der Waals surface area contributed by atoms with Gasteiger partial charge in [0, 0.05) is 25.3 Å². The van der Waals surface area contributed by atoms with Crippen LogP contribution < -0.4 is 5.32 Å². The second-order valence-corrected chi connectivity index (χ2v) is 5.65. The Kier molecular flexibility index (Phi) is 6.19. The molecule has 6 heteroatoms. The minimum Gasteiger partial charge on any atom is -0.334 e. The van der Waals surface area contributed by atoms with Crippen molar-refractivity contribution in [3.05, 3.63) is 48.3 Å². The first-order chi connectivity index (χ1) is 10.8. The number of carbonyl (C=O) groups excluding carboxylic acids is 1. The lowest BCUT2D eigenvalue weighted by Crippen LogP contribution is -2.42. The summed E-state index contributed by atoms with van der Waals surface area (Å²) in [5.74, 6) is 0.0812. The number of hydrogen-bond acceptors (Lipinski definition) is 3. The minimum absolute atomic E-state index is 0. The molecular formula is C17H23ClN4O. The lowest BCUT2D eigenvalue weighted by Gasteiger charge is -2.27. The molecule has 0 spiro atoms. The second kappa shape index (κ2) is 8.13. The molecule has 0 radical (unpaired) electrons. The molecule has 1 aromatic heterocycles. The first kappa shape index (κ1) is 17.5. The number of hydrogen-bond donors (Lipinski definition) is 1. The van der Waals surface area contributed by atoms with Gasteiger partial charge in [0.1, 0.15) is 0 Å². The quantitative estimate of drug-likeness (QED) is 0.914. The number of aromatic nitrogens is 2. The molecule has 1 atom stereocenters. The van der Waals surface area contributed by atoms with E-state index in [-0.39, 0.29) is 18.3 Å². The number of amides is 1. The molecule has 23 heavy (non-hydrogen) atoms. The summed E-state index contributed by atoms with van der Waals surface area (Å²) in [6, 6.07) is 10.2. The molecule has 2 heterocycles.